The minimum Gasteiger partial charge on any atom is -0.346 e. The van der Waals surface area contributed by atoms with E-state index in [9.17, 15) is 4.79 Å². The van der Waals surface area contributed by atoms with E-state index in [1.807, 2.05) is 72.2 Å². The van der Waals surface area contributed by atoms with Crippen LogP contribution < -0.4 is 15.5 Å². The number of rotatable bonds is 5. The van der Waals surface area contributed by atoms with Crippen LogP contribution in [-0.2, 0) is 0 Å². The van der Waals surface area contributed by atoms with Crippen LogP contribution >= 0.6 is 11.3 Å². The average Bonchev–Trinajstić information content (AvgIpc) is 3.39. The lowest BCUT2D eigenvalue weighted by atomic mass is 9.99. The van der Waals surface area contributed by atoms with E-state index >= 15 is 0 Å². The number of anilines is 1. The summed E-state index contributed by atoms with van der Waals surface area (Å²) in [4.78, 5) is 19.3. The van der Waals surface area contributed by atoms with Crippen LogP contribution in [0.15, 0.2) is 72.2 Å². The quantitative estimate of drug-likeness (QED) is 0.710. The molecule has 4 rings (SSSR count). The number of nitrogens with zero attached hydrogens (tertiary/aromatic N) is 2. The van der Waals surface area contributed by atoms with Gasteiger partial charge in [-0.15, -0.1) is 11.3 Å². The van der Waals surface area contributed by atoms with E-state index in [1.165, 1.54) is 0 Å². The van der Waals surface area contributed by atoms with Crippen molar-refractivity contribution in [2.75, 3.05) is 18.0 Å². The molecular weight excluding hydrogens is 356 g/mol. The molecule has 6 heteroatoms. The molecule has 2 aromatic carbocycles. The summed E-state index contributed by atoms with van der Waals surface area (Å²) in [6.07, 6.45) is 2.74. The van der Waals surface area contributed by atoms with E-state index in [2.05, 4.69) is 20.5 Å². The molecule has 0 aliphatic carbocycles. The summed E-state index contributed by atoms with van der Waals surface area (Å²) in [5.41, 5.74) is 2.13. The summed E-state index contributed by atoms with van der Waals surface area (Å²) in [7, 11) is 0. The maximum absolute atomic E-state index is 12.7. The van der Waals surface area contributed by atoms with Gasteiger partial charge in [-0.25, -0.2) is 9.78 Å². The Morgan fingerprint density at radius 3 is 2.33 bits per heavy atom. The Morgan fingerprint density at radius 1 is 1.07 bits per heavy atom. The fraction of sp³-hybridized carbons (Fsp3) is 0.238. The molecule has 2 N–H and O–H groups in total. The van der Waals surface area contributed by atoms with Gasteiger partial charge in [0.25, 0.3) is 0 Å². The Kier molecular flexibility index (Phi) is 5.34. The van der Waals surface area contributed by atoms with E-state index in [0.717, 1.165) is 35.8 Å². The molecule has 1 atom stereocenters. The fourth-order valence-electron chi connectivity index (χ4n) is 3.43. The summed E-state index contributed by atoms with van der Waals surface area (Å²) < 4.78 is 0. The molecule has 0 unspecified atom stereocenters. The van der Waals surface area contributed by atoms with Gasteiger partial charge in [-0.05, 0) is 17.5 Å². The van der Waals surface area contributed by atoms with Crippen LogP contribution in [0.2, 0.25) is 0 Å². The molecular formula is C21H22N4OS. The van der Waals surface area contributed by atoms with Gasteiger partial charge < -0.3 is 15.5 Å². The Balaban J connectivity index is 1.42. The zero-order valence-electron chi connectivity index (χ0n) is 14.9. The first kappa shape index (κ1) is 17.5. The van der Waals surface area contributed by atoms with Crippen molar-refractivity contribution in [2.24, 2.45) is 0 Å². The third-order valence-corrected chi connectivity index (χ3v) is 5.59. The molecule has 1 aliphatic rings. The van der Waals surface area contributed by atoms with Crippen molar-refractivity contribution < 1.29 is 4.79 Å². The van der Waals surface area contributed by atoms with Gasteiger partial charge in [-0.3, -0.25) is 0 Å². The maximum Gasteiger partial charge on any atom is 0.315 e. The van der Waals surface area contributed by atoms with Gasteiger partial charge in [0.2, 0.25) is 0 Å². The molecule has 5 nitrogen and oxygen atoms in total. The van der Waals surface area contributed by atoms with Gasteiger partial charge in [0.05, 0.1) is 6.04 Å². The smallest absolute Gasteiger partial charge is 0.315 e. The van der Waals surface area contributed by atoms with Crippen molar-refractivity contribution in [1.29, 1.82) is 0 Å². The predicted octanol–water partition coefficient (Wildman–Crippen LogP) is 3.81. The van der Waals surface area contributed by atoms with Crippen LogP contribution in [0.4, 0.5) is 9.93 Å². The molecule has 1 aromatic heterocycles. The van der Waals surface area contributed by atoms with Gasteiger partial charge >= 0.3 is 6.03 Å². The molecule has 2 amide bonds. The minimum atomic E-state index is -0.177. The number of hydrogen-bond donors (Lipinski definition) is 2. The third-order valence-electron chi connectivity index (χ3n) is 4.75. The molecule has 1 aliphatic heterocycles. The van der Waals surface area contributed by atoms with Gasteiger partial charge in [0.1, 0.15) is 0 Å². The molecule has 0 spiro atoms. The minimum absolute atomic E-state index is 0.126. The first-order chi connectivity index (χ1) is 13.3. The van der Waals surface area contributed by atoms with E-state index in [4.69, 9.17) is 0 Å². The highest BCUT2D eigenvalue weighted by Crippen LogP contribution is 2.23. The van der Waals surface area contributed by atoms with Crippen molar-refractivity contribution in [3.05, 3.63) is 83.4 Å². The van der Waals surface area contributed by atoms with E-state index in [1.54, 1.807) is 11.3 Å². The highest BCUT2D eigenvalue weighted by molar-refractivity contribution is 7.13. The van der Waals surface area contributed by atoms with Crippen molar-refractivity contribution in [3.8, 4) is 0 Å². The topological polar surface area (TPSA) is 57.3 Å². The number of hydrogen-bond acceptors (Lipinski definition) is 4. The van der Waals surface area contributed by atoms with E-state index < -0.39 is 0 Å². The fourth-order valence-corrected chi connectivity index (χ4v) is 4.11. The first-order valence-corrected chi connectivity index (χ1v) is 9.99. The van der Waals surface area contributed by atoms with Gasteiger partial charge in [-0.2, -0.15) is 0 Å². The molecule has 0 bridgehead atoms. The summed E-state index contributed by atoms with van der Waals surface area (Å²) >= 11 is 1.63. The van der Waals surface area contributed by atoms with Crippen LogP contribution in [0.1, 0.15) is 23.6 Å². The zero-order chi connectivity index (χ0) is 18.5. The van der Waals surface area contributed by atoms with Crippen molar-refractivity contribution in [3.63, 3.8) is 0 Å². The number of urea groups is 1. The summed E-state index contributed by atoms with van der Waals surface area (Å²) in [5.74, 6) is 0. The second kappa shape index (κ2) is 8.22. The molecule has 27 heavy (non-hydrogen) atoms. The van der Waals surface area contributed by atoms with Crippen LogP contribution in [0.5, 0.6) is 0 Å². The Bertz CT molecular complexity index is 815. The van der Waals surface area contributed by atoms with Crippen molar-refractivity contribution in [2.45, 2.75) is 18.5 Å². The Labute approximate surface area is 163 Å². The van der Waals surface area contributed by atoms with Crippen LogP contribution in [0.3, 0.4) is 0 Å². The molecule has 138 valence electrons. The normalized spacial score (nSPS) is 16.5. The standard InChI is InChI=1S/C21H22N4OS/c26-20(23-18-11-13-25(15-18)21-22-12-14-27-21)24-19(16-7-3-1-4-8-16)17-9-5-2-6-10-17/h1-10,12,14,18-19H,11,13,15H2,(H2,23,24,26)/t18-/m0/s1. The molecule has 0 saturated carbocycles. The van der Waals surface area contributed by atoms with Gasteiger partial charge in [-0.1, -0.05) is 60.7 Å². The van der Waals surface area contributed by atoms with E-state index in [-0.39, 0.29) is 18.1 Å². The number of nitrogens with one attached hydrogen (secondary N) is 2. The SMILES string of the molecule is O=C(NC(c1ccccc1)c1ccccc1)N[C@H]1CCN(c2nccs2)C1. The number of thiazole rings is 1. The highest BCUT2D eigenvalue weighted by Gasteiger charge is 2.26. The molecule has 0 radical (unpaired) electrons. The molecule has 3 aromatic rings. The lowest BCUT2D eigenvalue weighted by Crippen LogP contribution is -2.44. The molecule has 1 saturated heterocycles. The summed E-state index contributed by atoms with van der Waals surface area (Å²) in [6, 6.07) is 19.9. The highest BCUT2D eigenvalue weighted by atomic mass is 32.1. The maximum atomic E-state index is 12.7. The largest absolute Gasteiger partial charge is 0.346 e. The van der Waals surface area contributed by atoms with Gasteiger partial charge in [0, 0.05) is 30.7 Å². The zero-order valence-corrected chi connectivity index (χ0v) is 15.7. The van der Waals surface area contributed by atoms with Crippen molar-refractivity contribution >= 4 is 22.5 Å². The molecule has 2 heterocycles. The second-order valence-electron chi connectivity index (χ2n) is 6.62. The summed E-state index contributed by atoms with van der Waals surface area (Å²) in [6.45, 7) is 1.71. The lowest BCUT2D eigenvalue weighted by molar-refractivity contribution is 0.235. The number of benzene rings is 2. The number of amides is 2. The van der Waals surface area contributed by atoms with Crippen LogP contribution in [0, 0.1) is 0 Å². The number of carbonyl (C=O) groups excluding carboxylic acids is 1. The van der Waals surface area contributed by atoms with Crippen LogP contribution in [0.25, 0.3) is 0 Å². The second-order valence-corrected chi connectivity index (χ2v) is 7.49. The molecule has 1 fully saturated rings. The predicted molar refractivity (Wildman–Crippen MR) is 109 cm³/mol. The first-order valence-electron chi connectivity index (χ1n) is 9.11. The Morgan fingerprint density at radius 2 is 1.74 bits per heavy atom. The summed E-state index contributed by atoms with van der Waals surface area (Å²) in [5, 5.41) is 9.27. The van der Waals surface area contributed by atoms with Gasteiger partial charge in [0.15, 0.2) is 5.13 Å². The number of aromatic nitrogens is 1. The third kappa shape index (κ3) is 4.28. The van der Waals surface area contributed by atoms with Crippen LogP contribution in [-0.4, -0.2) is 30.1 Å². The Hall–Kier alpha value is -2.86. The van der Waals surface area contributed by atoms with Crippen molar-refractivity contribution in [1.82, 2.24) is 15.6 Å². The lowest BCUT2D eigenvalue weighted by Gasteiger charge is -2.22. The average molecular weight is 379 g/mol. The van der Waals surface area contributed by atoms with E-state index in [0.29, 0.717) is 0 Å². The number of carbonyl (C=O) groups is 1. The monoisotopic (exact) mass is 378 g/mol.